The number of carboxylic acid groups (broad SMARTS) is 1. The van der Waals surface area contributed by atoms with Gasteiger partial charge in [0, 0.05) is 30.2 Å². The van der Waals surface area contributed by atoms with Crippen LogP contribution in [0.15, 0.2) is 21.8 Å². The van der Waals surface area contributed by atoms with E-state index < -0.39 is 41.3 Å². The Balaban J connectivity index is 1.78. The maximum atomic E-state index is 12.9. The van der Waals surface area contributed by atoms with Gasteiger partial charge < -0.3 is 31.5 Å². The maximum absolute atomic E-state index is 12.9. The molecule has 2 aliphatic rings. The van der Waals surface area contributed by atoms with Crippen molar-refractivity contribution in [2.45, 2.75) is 31.4 Å². The highest BCUT2D eigenvalue weighted by molar-refractivity contribution is 8.00. The van der Waals surface area contributed by atoms with Gasteiger partial charge in [-0.1, -0.05) is 5.16 Å². The number of nitrogens with one attached hydrogen (secondary N) is 1. The summed E-state index contributed by atoms with van der Waals surface area (Å²) in [6, 6.07) is -1.000. The third-order valence-corrected chi connectivity index (χ3v) is 6.64. The van der Waals surface area contributed by atoms with Gasteiger partial charge in [-0.15, -0.1) is 23.1 Å². The lowest BCUT2D eigenvalue weighted by Crippen LogP contribution is -2.71. The summed E-state index contributed by atoms with van der Waals surface area (Å²) >= 11 is 2.33. The van der Waals surface area contributed by atoms with Crippen LogP contribution >= 0.6 is 23.1 Å². The van der Waals surface area contributed by atoms with Gasteiger partial charge in [-0.05, 0) is 6.92 Å². The number of amides is 2. The topological polar surface area (TPSA) is 200 Å². The first-order valence-electron chi connectivity index (χ1n) is 9.63. The van der Waals surface area contributed by atoms with Crippen LogP contribution in [-0.4, -0.2) is 80.9 Å². The number of hydrogen-bond donors (Lipinski definition) is 4. The normalized spacial score (nSPS) is 21.1. The van der Waals surface area contributed by atoms with Gasteiger partial charge >= 0.3 is 11.9 Å². The molecule has 1 saturated heterocycles. The lowest BCUT2D eigenvalue weighted by atomic mass is 10.0. The second-order valence-corrected chi connectivity index (χ2v) is 9.06. The number of fused-ring (bicyclic) bond motifs is 1. The number of β-lactam (4-membered cyclic amide) rings is 1. The zero-order valence-corrected chi connectivity index (χ0v) is 19.3. The molecule has 1 aromatic rings. The predicted molar refractivity (Wildman–Crippen MR) is 119 cm³/mol. The van der Waals surface area contributed by atoms with Crippen LogP contribution in [0.5, 0.6) is 0 Å². The monoisotopic (exact) mass is 498 g/mol. The number of thiazole rings is 1. The number of aliphatic carboxylic acids is 1. The number of ether oxygens (including phenoxy) is 1. The minimum Gasteiger partial charge on any atom is -0.477 e. The summed E-state index contributed by atoms with van der Waals surface area (Å²) in [5, 5.41) is 17.1. The molecule has 0 spiro atoms. The van der Waals surface area contributed by atoms with E-state index >= 15 is 0 Å². The van der Waals surface area contributed by atoms with E-state index in [0.29, 0.717) is 5.57 Å². The summed E-state index contributed by atoms with van der Waals surface area (Å²) in [6.07, 6.45) is -0.475. The Morgan fingerprint density at radius 3 is 2.76 bits per heavy atom. The average molecular weight is 499 g/mol. The summed E-state index contributed by atoms with van der Waals surface area (Å²) in [7, 11) is 0. The maximum Gasteiger partial charge on any atom is 0.352 e. The van der Waals surface area contributed by atoms with E-state index in [1.165, 1.54) is 24.1 Å². The number of hydrogen-bond acceptors (Lipinski definition) is 12. The van der Waals surface area contributed by atoms with Crippen molar-refractivity contribution < 1.29 is 33.9 Å². The molecule has 0 bridgehead atoms. The fraction of sp³-hybridized carbons (Fsp3) is 0.444. The molecule has 2 aliphatic heterocycles. The largest absolute Gasteiger partial charge is 0.477 e. The van der Waals surface area contributed by atoms with Crippen LogP contribution in [0, 0.1) is 0 Å². The molecule has 0 radical (unpaired) electrons. The molecule has 2 amide bonds. The molecule has 3 atom stereocenters. The molecule has 0 aliphatic carbocycles. The SMILES string of the molecule is CC(=O)OCC1=C(C(=O)O)N2C(=O)[C@@H](NC(=O)C(=NO[C@H](C)CN)c3csc(N)n3)[C@H]2SC1. The summed E-state index contributed by atoms with van der Waals surface area (Å²) < 4.78 is 4.90. The summed E-state index contributed by atoms with van der Waals surface area (Å²) in [5.74, 6) is -3.05. The van der Waals surface area contributed by atoms with Gasteiger partial charge in [0.2, 0.25) is 0 Å². The molecule has 0 saturated carbocycles. The second kappa shape index (κ2) is 10.2. The summed E-state index contributed by atoms with van der Waals surface area (Å²) in [5.41, 5.74) is 11.2. The van der Waals surface area contributed by atoms with Crippen molar-refractivity contribution in [2.75, 3.05) is 24.6 Å². The number of carbonyl (C=O) groups excluding carboxylic acids is 3. The smallest absolute Gasteiger partial charge is 0.352 e. The van der Waals surface area contributed by atoms with Gasteiger partial charge in [0.25, 0.3) is 11.8 Å². The Labute approximate surface area is 196 Å². The van der Waals surface area contributed by atoms with Crippen molar-refractivity contribution in [3.8, 4) is 0 Å². The van der Waals surface area contributed by atoms with E-state index in [9.17, 15) is 24.3 Å². The first-order valence-corrected chi connectivity index (χ1v) is 11.6. The Morgan fingerprint density at radius 2 is 2.18 bits per heavy atom. The van der Waals surface area contributed by atoms with Gasteiger partial charge in [-0.3, -0.25) is 19.3 Å². The number of oxime groups is 1. The number of anilines is 1. The minimum absolute atomic E-state index is 0.159. The summed E-state index contributed by atoms with van der Waals surface area (Å²) in [4.78, 5) is 58.9. The van der Waals surface area contributed by atoms with Crippen molar-refractivity contribution in [2.24, 2.45) is 10.9 Å². The molecule has 0 aromatic carbocycles. The molecular weight excluding hydrogens is 476 g/mol. The predicted octanol–water partition coefficient (Wildman–Crippen LogP) is -0.905. The minimum atomic E-state index is -1.33. The van der Waals surface area contributed by atoms with Gasteiger partial charge in [0.15, 0.2) is 10.8 Å². The third kappa shape index (κ3) is 5.26. The molecule has 13 nitrogen and oxygen atoms in total. The zero-order valence-electron chi connectivity index (χ0n) is 17.6. The van der Waals surface area contributed by atoms with E-state index in [4.69, 9.17) is 21.0 Å². The lowest BCUT2D eigenvalue weighted by Gasteiger charge is -2.49. The van der Waals surface area contributed by atoms with Gasteiger partial charge in [0.05, 0.1) is 0 Å². The Hall–Kier alpha value is -3.17. The first kappa shape index (κ1) is 24.5. The lowest BCUT2D eigenvalue weighted by molar-refractivity contribution is -0.150. The first-order chi connectivity index (χ1) is 15.6. The van der Waals surface area contributed by atoms with Crippen LogP contribution in [0.4, 0.5) is 5.13 Å². The number of rotatable bonds is 9. The van der Waals surface area contributed by atoms with E-state index in [2.05, 4.69) is 15.5 Å². The van der Waals surface area contributed by atoms with Crippen molar-refractivity contribution in [3.05, 3.63) is 22.3 Å². The standard InChI is InChI=1S/C18H22N6O7S2/c1-7(3-19)31-23-11(10-6-33-18(20)21-10)14(26)22-12-15(27)24-13(17(28)29)9(4-30-8(2)25)5-32-16(12)24/h6-7,12,16H,3-5,19H2,1-2H3,(H2,20,21)(H,22,26)(H,28,29)/t7-,12-,16-/m1/s1. The molecule has 1 aromatic heterocycles. The number of nitrogen functional groups attached to an aromatic ring is 1. The van der Waals surface area contributed by atoms with Crippen molar-refractivity contribution in [3.63, 3.8) is 0 Å². The van der Waals surface area contributed by atoms with Crippen molar-refractivity contribution in [1.29, 1.82) is 0 Å². The number of esters is 1. The molecule has 15 heteroatoms. The van der Waals surface area contributed by atoms with Crippen LogP contribution in [0.1, 0.15) is 19.5 Å². The van der Waals surface area contributed by atoms with E-state index in [0.717, 1.165) is 16.2 Å². The fourth-order valence-corrected chi connectivity index (χ4v) is 4.85. The fourth-order valence-electron chi connectivity index (χ4n) is 2.98. The number of nitrogens with zero attached hydrogens (tertiary/aromatic N) is 3. The van der Waals surface area contributed by atoms with E-state index in [1.807, 2.05) is 0 Å². The van der Waals surface area contributed by atoms with Crippen molar-refractivity contribution in [1.82, 2.24) is 15.2 Å². The molecule has 3 heterocycles. The summed E-state index contributed by atoms with van der Waals surface area (Å²) in [6.45, 7) is 2.78. The average Bonchev–Trinajstić information content (AvgIpc) is 3.20. The molecular formula is C18H22N6O7S2. The van der Waals surface area contributed by atoms with Crippen LogP contribution < -0.4 is 16.8 Å². The van der Waals surface area contributed by atoms with E-state index in [1.54, 1.807) is 6.92 Å². The quantitative estimate of drug-likeness (QED) is 0.142. The number of carbonyl (C=O) groups is 4. The number of thioether (sulfide) groups is 1. The van der Waals surface area contributed by atoms with Crippen LogP contribution in [0.3, 0.4) is 0 Å². The Kier molecular flexibility index (Phi) is 7.55. The van der Waals surface area contributed by atoms with Crippen LogP contribution in [-0.2, 0) is 28.8 Å². The highest BCUT2D eigenvalue weighted by atomic mass is 32.2. The molecule has 0 unspecified atom stereocenters. The van der Waals surface area contributed by atoms with E-state index in [-0.39, 0.29) is 41.1 Å². The molecule has 6 N–H and O–H groups in total. The zero-order chi connectivity index (χ0) is 24.3. The Morgan fingerprint density at radius 1 is 1.45 bits per heavy atom. The third-order valence-electron chi connectivity index (χ3n) is 4.62. The van der Waals surface area contributed by atoms with Gasteiger partial charge in [-0.2, -0.15) is 0 Å². The highest BCUT2D eigenvalue weighted by Gasteiger charge is 2.54. The van der Waals surface area contributed by atoms with Crippen LogP contribution in [0.25, 0.3) is 0 Å². The molecule has 33 heavy (non-hydrogen) atoms. The Bertz CT molecular complexity index is 1040. The highest BCUT2D eigenvalue weighted by Crippen LogP contribution is 2.40. The molecule has 1 fully saturated rings. The van der Waals surface area contributed by atoms with Gasteiger partial charge in [0.1, 0.15) is 35.5 Å². The number of carboxylic acids is 1. The van der Waals surface area contributed by atoms with Gasteiger partial charge in [-0.25, -0.2) is 9.78 Å². The molecule has 178 valence electrons. The van der Waals surface area contributed by atoms with Crippen LogP contribution in [0.2, 0.25) is 0 Å². The molecule has 3 rings (SSSR count). The number of aromatic nitrogens is 1. The second-order valence-electron chi connectivity index (χ2n) is 7.06. The number of nitrogens with two attached hydrogens (primary N) is 2. The van der Waals surface area contributed by atoms with Crippen molar-refractivity contribution >= 4 is 57.7 Å².